The number of halogens is 2. The van der Waals surface area contributed by atoms with Crippen LogP contribution < -0.4 is 4.90 Å². The molecule has 1 N–H and O–H groups in total. The zero-order valence-corrected chi connectivity index (χ0v) is 9.88. The van der Waals surface area contributed by atoms with Crippen LogP contribution in [0.4, 0.5) is 10.1 Å². The van der Waals surface area contributed by atoms with Gasteiger partial charge in [0, 0.05) is 13.6 Å². The Morgan fingerprint density at radius 1 is 1.56 bits per heavy atom. The van der Waals surface area contributed by atoms with Gasteiger partial charge in [0.05, 0.1) is 17.1 Å². The van der Waals surface area contributed by atoms with Crippen molar-refractivity contribution < 1.29 is 14.3 Å². The van der Waals surface area contributed by atoms with Gasteiger partial charge >= 0.3 is 5.97 Å². The van der Waals surface area contributed by atoms with Crippen LogP contribution in [0.5, 0.6) is 0 Å². The van der Waals surface area contributed by atoms with Crippen LogP contribution in [-0.2, 0) is 4.79 Å². The number of aryl methyl sites for hydroxylation is 1. The molecule has 88 valence electrons. The summed E-state index contributed by atoms with van der Waals surface area (Å²) >= 11 is 5.96. The number of carboxylic acid groups (broad SMARTS) is 1. The summed E-state index contributed by atoms with van der Waals surface area (Å²) in [7, 11) is 1.68. The second-order valence-electron chi connectivity index (χ2n) is 3.62. The van der Waals surface area contributed by atoms with Gasteiger partial charge < -0.3 is 10.0 Å². The van der Waals surface area contributed by atoms with Crippen molar-refractivity contribution in [3.63, 3.8) is 0 Å². The third kappa shape index (κ3) is 3.10. The molecule has 0 heterocycles. The van der Waals surface area contributed by atoms with Crippen molar-refractivity contribution in [3.05, 3.63) is 28.5 Å². The fourth-order valence-electron chi connectivity index (χ4n) is 1.31. The van der Waals surface area contributed by atoms with Crippen LogP contribution in [0, 0.1) is 12.7 Å². The number of aliphatic carboxylic acids is 1. The number of hydrogen-bond acceptors (Lipinski definition) is 2. The molecule has 1 aromatic rings. The molecule has 0 saturated heterocycles. The number of rotatable bonds is 4. The van der Waals surface area contributed by atoms with Gasteiger partial charge in [0.1, 0.15) is 5.82 Å². The molecule has 3 nitrogen and oxygen atoms in total. The Morgan fingerprint density at radius 3 is 2.75 bits per heavy atom. The van der Waals surface area contributed by atoms with Crippen molar-refractivity contribution in [1.82, 2.24) is 0 Å². The molecule has 0 spiro atoms. The lowest BCUT2D eigenvalue weighted by atomic mass is 10.2. The number of benzene rings is 1. The molecule has 1 rings (SSSR count). The molecular weight excluding hydrogens is 233 g/mol. The predicted molar refractivity (Wildman–Crippen MR) is 61.7 cm³/mol. The Labute approximate surface area is 98.4 Å². The molecule has 0 fully saturated rings. The van der Waals surface area contributed by atoms with Gasteiger partial charge in [-0.3, -0.25) is 4.79 Å². The van der Waals surface area contributed by atoms with Crippen LogP contribution in [-0.4, -0.2) is 24.7 Å². The van der Waals surface area contributed by atoms with E-state index in [4.69, 9.17) is 16.7 Å². The maximum Gasteiger partial charge on any atom is 0.305 e. The minimum Gasteiger partial charge on any atom is -0.481 e. The van der Waals surface area contributed by atoms with Crippen molar-refractivity contribution >= 4 is 23.3 Å². The van der Waals surface area contributed by atoms with Gasteiger partial charge in [0.15, 0.2) is 0 Å². The number of nitrogens with zero attached hydrogens (tertiary/aromatic N) is 1. The van der Waals surface area contributed by atoms with E-state index in [0.717, 1.165) is 0 Å². The van der Waals surface area contributed by atoms with Crippen molar-refractivity contribution in [2.45, 2.75) is 13.3 Å². The first-order chi connectivity index (χ1) is 7.41. The van der Waals surface area contributed by atoms with E-state index in [1.807, 2.05) is 0 Å². The van der Waals surface area contributed by atoms with Gasteiger partial charge in [-0.15, -0.1) is 0 Å². The highest BCUT2D eigenvalue weighted by Gasteiger charge is 2.10. The molecule has 0 unspecified atom stereocenters. The largest absolute Gasteiger partial charge is 0.481 e. The Balaban J connectivity index is 2.86. The lowest BCUT2D eigenvalue weighted by Gasteiger charge is -2.20. The third-order valence-corrected chi connectivity index (χ3v) is 2.60. The van der Waals surface area contributed by atoms with Gasteiger partial charge in [-0.05, 0) is 24.6 Å². The van der Waals surface area contributed by atoms with Crippen LogP contribution in [0.15, 0.2) is 12.1 Å². The van der Waals surface area contributed by atoms with E-state index in [2.05, 4.69) is 0 Å². The van der Waals surface area contributed by atoms with E-state index in [-0.39, 0.29) is 18.8 Å². The van der Waals surface area contributed by atoms with Gasteiger partial charge in [-0.1, -0.05) is 11.6 Å². The molecule has 16 heavy (non-hydrogen) atoms. The van der Waals surface area contributed by atoms with E-state index >= 15 is 0 Å². The van der Waals surface area contributed by atoms with E-state index in [0.29, 0.717) is 16.3 Å². The predicted octanol–water partition coefficient (Wildman–Crippen LogP) is 2.70. The van der Waals surface area contributed by atoms with Gasteiger partial charge in [-0.25, -0.2) is 4.39 Å². The highest BCUT2D eigenvalue weighted by molar-refractivity contribution is 6.33. The van der Waals surface area contributed by atoms with Crippen LogP contribution in [0.3, 0.4) is 0 Å². The molecule has 1 aromatic carbocycles. The minimum absolute atomic E-state index is 0.0116. The van der Waals surface area contributed by atoms with Gasteiger partial charge in [-0.2, -0.15) is 0 Å². The molecule has 0 amide bonds. The average Bonchev–Trinajstić information content (AvgIpc) is 2.20. The number of hydrogen-bond donors (Lipinski definition) is 1. The number of carboxylic acids is 1. The number of carbonyl (C=O) groups is 1. The molecule has 0 bridgehead atoms. The van der Waals surface area contributed by atoms with Crippen LogP contribution >= 0.6 is 11.6 Å². The summed E-state index contributed by atoms with van der Waals surface area (Å²) in [4.78, 5) is 12.0. The molecule has 0 radical (unpaired) electrons. The molecule has 0 aliphatic carbocycles. The summed E-state index contributed by atoms with van der Waals surface area (Å²) in [6, 6.07) is 2.85. The fourth-order valence-corrected chi connectivity index (χ4v) is 1.67. The summed E-state index contributed by atoms with van der Waals surface area (Å²) in [5.74, 6) is -1.24. The monoisotopic (exact) mass is 245 g/mol. The Bertz CT molecular complexity index is 409. The maximum absolute atomic E-state index is 13.3. The molecule has 5 heteroatoms. The zero-order chi connectivity index (χ0) is 12.3. The van der Waals surface area contributed by atoms with Crippen molar-refractivity contribution in [2.75, 3.05) is 18.5 Å². The highest BCUT2D eigenvalue weighted by Crippen LogP contribution is 2.27. The smallest absolute Gasteiger partial charge is 0.305 e. The molecule has 0 aromatic heterocycles. The quantitative estimate of drug-likeness (QED) is 0.887. The Hall–Kier alpha value is -1.29. The molecular formula is C11H13ClFNO2. The van der Waals surface area contributed by atoms with Crippen LogP contribution in [0.1, 0.15) is 12.0 Å². The van der Waals surface area contributed by atoms with Crippen molar-refractivity contribution in [3.8, 4) is 0 Å². The van der Waals surface area contributed by atoms with Gasteiger partial charge in [0.2, 0.25) is 0 Å². The summed E-state index contributed by atoms with van der Waals surface area (Å²) in [6.45, 7) is 1.92. The molecule has 0 saturated carbocycles. The van der Waals surface area contributed by atoms with E-state index in [1.165, 1.54) is 12.1 Å². The second kappa shape index (κ2) is 5.16. The first-order valence-electron chi connectivity index (χ1n) is 4.80. The summed E-state index contributed by atoms with van der Waals surface area (Å²) < 4.78 is 13.3. The van der Waals surface area contributed by atoms with Gasteiger partial charge in [0.25, 0.3) is 0 Å². The normalized spacial score (nSPS) is 10.2. The first-order valence-corrected chi connectivity index (χ1v) is 5.18. The van der Waals surface area contributed by atoms with Crippen molar-refractivity contribution in [1.29, 1.82) is 0 Å². The molecule has 0 atom stereocenters. The minimum atomic E-state index is -0.893. The Kier molecular flexibility index (Phi) is 4.12. The van der Waals surface area contributed by atoms with Crippen molar-refractivity contribution in [2.24, 2.45) is 0 Å². The highest BCUT2D eigenvalue weighted by atomic mass is 35.5. The van der Waals surface area contributed by atoms with E-state index < -0.39 is 5.97 Å². The SMILES string of the molecule is Cc1cc(Cl)c(N(C)CCC(=O)O)cc1F. The Morgan fingerprint density at radius 2 is 2.19 bits per heavy atom. The first kappa shape index (κ1) is 12.8. The topological polar surface area (TPSA) is 40.5 Å². The second-order valence-corrected chi connectivity index (χ2v) is 4.03. The number of anilines is 1. The fraction of sp³-hybridized carbons (Fsp3) is 0.364. The summed E-state index contributed by atoms with van der Waals surface area (Å²) in [5.41, 5.74) is 0.978. The zero-order valence-electron chi connectivity index (χ0n) is 9.13. The summed E-state index contributed by atoms with van der Waals surface area (Å²) in [6.07, 6.45) is -0.0116. The van der Waals surface area contributed by atoms with E-state index in [9.17, 15) is 9.18 Å². The standard InChI is InChI=1S/C11H13ClFNO2/c1-7-5-8(12)10(6-9(7)13)14(2)4-3-11(15)16/h5-6H,3-4H2,1-2H3,(H,15,16). The lowest BCUT2D eigenvalue weighted by Crippen LogP contribution is -2.21. The van der Waals surface area contributed by atoms with Crippen LogP contribution in [0.2, 0.25) is 5.02 Å². The third-order valence-electron chi connectivity index (χ3n) is 2.30. The lowest BCUT2D eigenvalue weighted by molar-refractivity contribution is -0.136. The molecule has 0 aliphatic heterocycles. The van der Waals surface area contributed by atoms with E-state index in [1.54, 1.807) is 18.9 Å². The van der Waals surface area contributed by atoms with Crippen LogP contribution in [0.25, 0.3) is 0 Å². The average molecular weight is 246 g/mol. The summed E-state index contributed by atoms with van der Waals surface area (Å²) in [5, 5.41) is 8.97. The molecule has 0 aliphatic rings. The maximum atomic E-state index is 13.3.